The second-order valence-electron chi connectivity index (χ2n) is 5.98. The van der Waals surface area contributed by atoms with Crippen LogP contribution in [0.5, 0.6) is 0 Å². The summed E-state index contributed by atoms with van der Waals surface area (Å²) in [7, 11) is -0.589. The predicted octanol–water partition coefficient (Wildman–Crippen LogP) is 2.80. The number of nitrogens with zero attached hydrogens (tertiary/aromatic N) is 2. The third kappa shape index (κ3) is 5.03. The van der Waals surface area contributed by atoms with E-state index in [2.05, 4.69) is 22.5 Å². The van der Waals surface area contributed by atoms with Gasteiger partial charge < -0.3 is 10.6 Å². The Morgan fingerprint density at radius 2 is 1.81 bits per heavy atom. The zero-order chi connectivity index (χ0) is 19.2. The van der Waals surface area contributed by atoms with E-state index in [0.717, 1.165) is 29.4 Å². The third-order valence-corrected chi connectivity index (χ3v) is 5.59. The van der Waals surface area contributed by atoms with E-state index in [-0.39, 0.29) is 10.8 Å². The van der Waals surface area contributed by atoms with E-state index in [4.69, 9.17) is 0 Å². The number of amides is 1. The standard InChI is InChI=1S/C18H24N4O3S/c1-4-5-12-19-15-8-11-17(20-13-15)21-18(23)14-6-9-16(10-7-14)26(24,25)22(2)3/h6-11,13,19H,4-5,12H2,1-3H3,(H,20,21,23). The Bertz CT molecular complexity index is 832. The molecule has 0 aliphatic heterocycles. The van der Waals surface area contributed by atoms with Gasteiger partial charge in [0.25, 0.3) is 5.91 Å². The number of hydrogen-bond donors (Lipinski definition) is 2. The molecule has 1 amide bonds. The largest absolute Gasteiger partial charge is 0.384 e. The van der Waals surface area contributed by atoms with Crippen molar-refractivity contribution in [1.82, 2.24) is 9.29 Å². The highest BCUT2D eigenvalue weighted by Gasteiger charge is 2.17. The van der Waals surface area contributed by atoms with Crippen molar-refractivity contribution in [3.63, 3.8) is 0 Å². The number of sulfonamides is 1. The van der Waals surface area contributed by atoms with E-state index < -0.39 is 10.0 Å². The lowest BCUT2D eigenvalue weighted by Crippen LogP contribution is -2.22. The number of unbranched alkanes of at least 4 members (excludes halogenated alkanes) is 1. The van der Waals surface area contributed by atoms with Crippen molar-refractivity contribution in [2.75, 3.05) is 31.3 Å². The number of carbonyl (C=O) groups excluding carboxylic acids is 1. The van der Waals surface area contributed by atoms with Gasteiger partial charge in [-0.25, -0.2) is 17.7 Å². The van der Waals surface area contributed by atoms with E-state index in [1.54, 1.807) is 12.3 Å². The molecule has 0 aliphatic carbocycles. The molecule has 0 saturated carbocycles. The zero-order valence-electron chi connectivity index (χ0n) is 15.2. The molecule has 1 heterocycles. The summed E-state index contributed by atoms with van der Waals surface area (Å²) in [6.07, 6.45) is 3.86. The number of benzene rings is 1. The molecular formula is C18H24N4O3S. The number of aromatic nitrogens is 1. The van der Waals surface area contributed by atoms with E-state index in [1.807, 2.05) is 6.07 Å². The minimum atomic E-state index is -3.51. The molecule has 2 rings (SSSR count). The van der Waals surface area contributed by atoms with Gasteiger partial charge in [-0.1, -0.05) is 13.3 Å². The molecule has 0 unspecified atom stereocenters. The molecule has 26 heavy (non-hydrogen) atoms. The highest BCUT2D eigenvalue weighted by atomic mass is 32.2. The van der Waals surface area contributed by atoms with Crippen molar-refractivity contribution in [3.8, 4) is 0 Å². The van der Waals surface area contributed by atoms with Gasteiger partial charge in [0.1, 0.15) is 5.82 Å². The fraction of sp³-hybridized carbons (Fsp3) is 0.333. The van der Waals surface area contributed by atoms with E-state index in [1.165, 1.54) is 38.4 Å². The molecular weight excluding hydrogens is 352 g/mol. The topological polar surface area (TPSA) is 91.4 Å². The second-order valence-corrected chi connectivity index (χ2v) is 8.13. The van der Waals surface area contributed by atoms with Crippen LogP contribution in [0.1, 0.15) is 30.1 Å². The first-order chi connectivity index (χ1) is 12.3. The Morgan fingerprint density at radius 3 is 2.35 bits per heavy atom. The Labute approximate surface area is 154 Å². The molecule has 2 aromatic rings. The van der Waals surface area contributed by atoms with Gasteiger partial charge in [-0.15, -0.1) is 0 Å². The predicted molar refractivity (Wildman–Crippen MR) is 103 cm³/mol. The van der Waals surface area contributed by atoms with Crippen LogP contribution < -0.4 is 10.6 Å². The molecule has 1 aromatic heterocycles. The van der Waals surface area contributed by atoms with Gasteiger partial charge in [0.05, 0.1) is 16.8 Å². The van der Waals surface area contributed by atoms with Gasteiger partial charge in [-0.2, -0.15) is 0 Å². The Morgan fingerprint density at radius 1 is 1.12 bits per heavy atom. The molecule has 0 atom stereocenters. The summed E-state index contributed by atoms with van der Waals surface area (Å²) in [6, 6.07) is 9.36. The first-order valence-electron chi connectivity index (χ1n) is 8.38. The van der Waals surface area contributed by atoms with Gasteiger partial charge in [0, 0.05) is 26.2 Å². The minimum absolute atomic E-state index is 0.139. The quantitative estimate of drug-likeness (QED) is 0.691. The number of hydrogen-bond acceptors (Lipinski definition) is 5. The summed E-state index contributed by atoms with van der Waals surface area (Å²) in [5.74, 6) is 0.0824. The lowest BCUT2D eigenvalue weighted by atomic mass is 10.2. The van der Waals surface area contributed by atoms with Crippen molar-refractivity contribution in [3.05, 3.63) is 48.2 Å². The zero-order valence-corrected chi connectivity index (χ0v) is 16.0. The summed E-state index contributed by atoms with van der Waals surface area (Å²) in [6.45, 7) is 3.01. The van der Waals surface area contributed by atoms with E-state index in [0.29, 0.717) is 11.4 Å². The number of nitrogens with one attached hydrogen (secondary N) is 2. The van der Waals surface area contributed by atoms with Crippen LogP contribution in [-0.4, -0.2) is 44.3 Å². The highest BCUT2D eigenvalue weighted by Crippen LogP contribution is 2.15. The molecule has 0 aliphatic rings. The Kier molecular flexibility index (Phi) is 6.70. The summed E-state index contributed by atoms with van der Waals surface area (Å²) in [5.41, 5.74) is 1.25. The number of rotatable bonds is 8. The summed E-state index contributed by atoms with van der Waals surface area (Å²) in [4.78, 5) is 16.6. The molecule has 0 saturated heterocycles. The molecule has 140 valence electrons. The van der Waals surface area contributed by atoms with Crippen LogP contribution in [-0.2, 0) is 10.0 Å². The first-order valence-corrected chi connectivity index (χ1v) is 9.82. The number of carbonyl (C=O) groups is 1. The molecule has 2 N–H and O–H groups in total. The molecule has 0 spiro atoms. The van der Waals surface area contributed by atoms with Crippen LogP contribution in [0.2, 0.25) is 0 Å². The number of pyridine rings is 1. The fourth-order valence-corrected chi connectivity index (χ4v) is 3.06. The molecule has 1 aromatic carbocycles. The summed E-state index contributed by atoms with van der Waals surface area (Å²) >= 11 is 0. The maximum atomic E-state index is 12.3. The summed E-state index contributed by atoms with van der Waals surface area (Å²) in [5, 5.41) is 5.95. The molecule has 7 nitrogen and oxygen atoms in total. The van der Waals surface area contributed by atoms with E-state index >= 15 is 0 Å². The monoisotopic (exact) mass is 376 g/mol. The van der Waals surface area contributed by atoms with Crippen molar-refractivity contribution in [2.45, 2.75) is 24.7 Å². The normalized spacial score (nSPS) is 11.4. The number of anilines is 2. The second kappa shape index (κ2) is 8.77. The van der Waals surface area contributed by atoms with Crippen molar-refractivity contribution < 1.29 is 13.2 Å². The van der Waals surface area contributed by atoms with Crippen LogP contribution in [0.3, 0.4) is 0 Å². The van der Waals surface area contributed by atoms with Gasteiger partial charge in [-0.3, -0.25) is 4.79 Å². The average molecular weight is 376 g/mol. The Hall–Kier alpha value is -2.45. The van der Waals surface area contributed by atoms with Gasteiger partial charge in [0.15, 0.2) is 0 Å². The van der Waals surface area contributed by atoms with Crippen LogP contribution in [0, 0.1) is 0 Å². The maximum absolute atomic E-state index is 12.3. The third-order valence-electron chi connectivity index (χ3n) is 3.76. The van der Waals surface area contributed by atoms with Crippen LogP contribution in [0.15, 0.2) is 47.5 Å². The summed E-state index contributed by atoms with van der Waals surface area (Å²) < 4.78 is 25.2. The van der Waals surface area contributed by atoms with Gasteiger partial charge >= 0.3 is 0 Å². The molecule has 0 fully saturated rings. The average Bonchev–Trinajstić information content (AvgIpc) is 2.63. The van der Waals surface area contributed by atoms with Crippen LogP contribution in [0.4, 0.5) is 11.5 Å². The SMILES string of the molecule is CCCCNc1ccc(NC(=O)c2ccc(S(=O)(=O)N(C)C)cc2)nc1. The van der Waals surface area contributed by atoms with Crippen molar-refractivity contribution >= 4 is 27.4 Å². The minimum Gasteiger partial charge on any atom is -0.384 e. The maximum Gasteiger partial charge on any atom is 0.256 e. The smallest absolute Gasteiger partial charge is 0.256 e. The van der Waals surface area contributed by atoms with Crippen LogP contribution >= 0.6 is 0 Å². The first kappa shape index (κ1) is 19.9. The van der Waals surface area contributed by atoms with E-state index in [9.17, 15) is 13.2 Å². The lowest BCUT2D eigenvalue weighted by Gasteiger charge is -2.11. The lowest BCUT2D eigenvalue weighted by molar-refractivity contribution is 0.102. The molecule has 0 radical (unpaired) electrons. The van der Waals surface area contributed by atoms with Gasteiger partial charge in [0.2, 0.25) is 10.0 Å². The molecule has 8 heteroatoms. The fourth-order valence-electron chi connectivity index (χ4n) is 2.16. The van der Waals surface area contributed by atoms with Crippen LogP contribution in [0.25, 0.3) is 0 Å². The highest BCUT2D eigenvalue weighted by molar-refractivity contribution is 7.89. The van der Waals surface area contributed by atoms with Crippen molar-refractivity contribution in [1.29, 1.82) is 0 Å². The van der Waals surface area contributed by atoms with Crippen molar-refractivity contribution in [2.24, 2.45) is 0 Å². The van der Waals surface area contributed by atoms with Gasteiger partial charge in [-0.05, 0) is 42.8 Å². The molecule has 0 bridgehead atoms. The Balaban J connectivity index is 2.01.